The fourth-order valence-corrected chi connectivity index (χ4v) is 1.97. The van der Waals surface area contributed by atoms with E-state index in [1.165, 1.54) is 5.56 Å². The highest BCUT2D eigenvalue weighted by atomic mass is 35.5. The number of benzene rings is 2. The van der Waals surface area contributed by atoms with Crippen molar-refractivity contribution in [1.82, 2.24) is 0 Å². The lowest BCUT2D eigenvalue weighted by atomic mass is 10.2. The largest absolute Gasteiger partial charge is 0.396 e. The molecule has 0 saturated carbocycles. The Kier molecular flexibility index (Phi) is 3.55. The predicted molar refractivity (Wildman–Crippen MR) is 74.4 cm³/mol. The van der Waals surface area contributed by atoms with Gasteiger partial charge in [0, 0.05) is 13.6 Å². The van der Waals surface area contributed by atoms with Crippen molar-refractivity contribution in [3.63, 3.8) is 0 Å². The van der Waals surface area contributed by atoms with Gasteiger partial charge in [-0.3, -0.25) is 0 Å². The molecule has 0 aliphatic carbocycles. The summed E-state index contributed by atoms with van der Waals surface area (Å²) in [4.78, 5) is 2.09. The maximum absolute atomic E-state index is 6.01. The zero-order valence-electron chi connectivity index (χ0n) is 9.73. The van der Waals surface area contributed by atoms with E-state index in [1.807, 2.05) is 37.4 Å². The molecular formula is C14H15ClN2. The summed E-state index contributed by atoms with van der Waals surface area (Å²) < 4.78 is 0. The molecule has 0 aromatic heterocycles. The molecule has 3 heteroatoms. The monoisotopic (exact) mass is 246 g/mol. The molecule has 0 unspecified atom stereocenters. The number of rotatable bonds is 3. The van der Waals surface area contributed by atoms with E-state index in [0.717, 1.165) is 12.2 Å². The number of nitrogens with two attached hydrogens (primary N) is 1. The molecule has 0 bridgehead atoms. The van der Waals surface area contributed by atoms with Crippen LogP contribution in [0, 0.1) is 0 Å². The van der Waals surface area contributed by atoms with Gasteiger partial charge in [-0.15, -0.1) is 0 Å². The van der Waals surface area contributed by atoms with Crippen molar-refractivity contribution < 1.29 is 0 Å². The maximum atomic E-state index is 6.01. The van der Waals surface area contributed by atoms with Gasteiger partial charge in [-0.2, -0.15) is 0 Å². The molecule has 2 aromatic carbocycles. The molecule has 0 radical (unpaired) electrons. The van der Waals surface area contributed by atoms with Gasteiger partial charge in [0.1, 0.15) is 0 Å². The second kappa shape index (κ2) is 5.11. The van der Waals surface area contributed by atoms with Gasteiger partial charge >= 0.3 is 0 Å². The standard InChI is InChI=1S/C14H15ClN2/c1-17(10-11-6-3-2-4-7-11)13-9-5-8-12(15)14(13)16/h2-9H,10,16H2,1H3. The third-order valence-corrected chi connectivity index (χ3v) is 3.03. The van der Waals surface area contributed by atoms with Crippen molar-refractivity contribution >= 4 is 23.0 Å². The highest BCUT2D eigenvalue weighted by Gasteiger charge is 2.07. The van der Waals surface area contributed by atoms with Gasteiger partial charge in [0.15, 0.2) is 0 Å². The van der Waals surface area contributed by atoms with E-state index in [-0.39, 0.29) is 0 Å². The van der Waals surface area contributed by atoms with Gasteiger partial charge in [0.25, 0.3) is 0 Å². The molecule has 0 heterocycles. The van der Waals surface area contributed by atoms with Gasteiger partial charge in [0.2, 0.25) is 0 Å². The van der Waals surface area contributed by atoms with E-state index in [9.17, 15) is 0 Å². The molecule has 2 nitrogen and oxygen atoms in total. The van der Waals surface area contributed by atoms with Crippen LogP contribution in [0.2, 0.25) is 5.02 Å². The Bertz CT molecular complexity index is 497. The zero-order valence-corrected chi connectivity index (χ0v) is 10.5. The average Bonchev–Trinajstić information content (AvgIpc) is 2.34. The Morgan fingerprint density at radius 1 is 1.06 bits per heavy atom. The Hall–Kier alpha value is -1.67. The third-order valence-electron chi connectivity index (χ3n) is 2.70. The van der Waals surface area contributed by atoms with Crippen molar-refractivity contribution in [2.75, 3.05) is 17.7 Å². The van der Waals surface area contributed by atoms with Crippen LogP contribution >= 0.6 is 11.6 Å². The molecule has 0 atom stereocenters. The molecule has 0 amide bonds. The lowest BCUT2D eigenvalue weighted by molar-refractivity contribution is 0.925. The van der Waals surface area contributed by atoms with Gasteiger partial charge in [-0.05, 0) is 17.7 Å². The smallest absolute Gasteiger partial charge is 0.0741 e. The topological polar surface area (TPSA) is 29.3 Å². The number of hydrogen-bond acceptors (Lipinski definition) is 2. The van der Waals surface area contributed by atoms with Gasteiger partial charge in [-0.25, -0.2) is 0 Å². The van der Waals surface area contributed by atoms with E-state index in [1.54, 1.807) is 6.07 Å². The van der Waals surface area contributed by atoms with Crippen LogP contribution in [0.4, 0.5) is 11.4 Å². The SMILES string of the molecule is CN(Cc1ccccc1)c1cccc(Cl)c1N. The van der Waals surface area contributed by atoms with Crippen LogP contribution in [0.25, 0.3) is 0 Å². The second-order valence-corrected chi connectivity index (χ2v) is 4.42. The molecule has 2 N–H and O–H groups in total. The Morgan fingerprint density at radius 3 is 2.47 bits per heavy atom. The maximum Gasteiger partial charge on any atom is 0.0741 e. The van der Waals surface area contributed by atoms with E-state index in [0.29, 0.717) is 10.7 Å². The minimum Gasteiger partial charge on any atom is -0.396 e. The predicted octanol–water partition coefficient (Wildman–Crippen LogP) is 3.56. The van der Waals surface area contributed by atoms with E-state index >= 15 is 0 Å². The molecule has 2 rings (SSSR count). The summed E-state index contributed by atoms with van der Waals surface area (Å²) in [6.07, 6.45) is 0. The lowest BCUT2D eigenvalue weighted by Crippen LogP contribution is -2.17. The van der Waals surface area contributed by atoms with Crippen molar-refractivity contribution in [3.8, 4) is 0 Å². The first-order valence-electron chi connectivity index (χ1n) is 5.47. The van der Waals surface area contributed by atoms with Crippen LogP contribution in [0.3, 0.4) is 0 Å². The van der Waals surface area contributed by atoms with Crippen LogP contribution in [-0.2, 0) is 6.54 Å². The Labute approximate surface area is 107 Å². The zero-order chi connectivity index (χ0) is 12.3. The fourth-order valence-electron chi connectivity index (χ4n) is 1.80. The number of nitrogen functional groups attached to an aromatic ring is 1. The lowest BCUT2D eigenvalue weighted by Gasteiger charge is -2.21. The molecule has 88 valence electrons. The van der Waals surface area contributed by atoms with Crippen molar-refractivity contribution in [1.29, 1.82) is 0 Å². The quantitative estimate of drug-likeness (QED) is 0.840. The minimum absolute atomic E-state index is 0.599. The highest BCUT2D eigenvalue weighted by molar-refractivity contribution is 6.33. The molecular weight excluding hydrogens is 232 g/mol. The third kappa shape index (κ3) is 2.71. The van der Waals surface area contributed by atoms with Crippen LogP contribution in [-0.4, -0.2) is 7.05 Å². The first-order chi connectivity index (χ1) is 8.18. The molecule has 0 aliphatic heterocycles. The summed E-state index contributed by atoms with van der Waals surface area (Å²) >= 11 is 6.01. The number of para-hydroxylation sites is 1. The first kappa shape index (κ1) is 11.8. The molecule has 0 spiro atoms. The van der Waals surface area contributed by atoms with Crippen molar-refractivity contribution in [2.24, 2.45) is 0 Å². The van der Waals surface area contributed by atoms with Gasteiger partial charge in [0.05, 0.1) is 16.4 Å². The number of anilines is 2. The first-order valence-corrected chi connectivity index (χ1v) is 5.85. The van der Waals surface area contributed by atoms with Crippen LogP contribution in [0.15, 0.2) is 48.5 Å². The number of nitrogens with zero attached hydrogens (tertiary/aromatic N) is 1. The van der Waals surface area contributed by atoms with Crippen LogP contribution in [0.5, 0.6) is 0 Å². The fraction of sp³-hybridized carbons (Fsp3) is 0.143. The summed E-state index contributed by atoms with van der Waals surface area (Å²) in [5, 5.41) is 0.599. The van der Waals surface area contributed by atoms with Crippen molar-refractivity contribution in [3.05, 3.63) is 59.1 Å². The summed E-state index contributed by atoms with van der Waals surface area (Å²) in [6.45, 7) is 0.811. The van der Waals surface area contributed by atoms with Crippen LogP contribution in [0.1, 0.15) is 5.56 Å². The summed E-state index contributed by atoms with van der Waals surface area (Å²) in [7, 11) is 2.01. The van der Waals surface area contributed by atoms with Crippen molar-refractivity contribution in [2.45, 2.75) is 6.54 Å². The number of hydrogen-bond donors (Lipinski definition) is 1. The highest BCUT2D eigenvalue weighted by Crippen LogP contribution is 2.29. The van der Waals surface area contributed by atoms with E-state index in [4.69, 9.17) is 17.3 Å². The van der Waals surface area contributed by atoms with Crippen LogP contribution < -0.4 is 10.6 Å². The normalized spacial score (nSPS) is 10.2. The summed E-state index contributed by atoms with van der Waals surface area (Å²) in [5.74, 6) is 0. The van der Waals surface area contributed by atoms with E-state index < -0.39 is 0 Å². The van der Waals surface area contributed by atoms with Gasteiger partial charge in [-0.1, -0.05) is 48.0 Å². The van der Waals surface area contributed by atoms with E-state index in [2.05, 4.69) is 17.0 Å². The summed E-state index contributed by atoms with van der Waals surface area (Å²) in [5.41, 5.74) is 8.80. The Morgan fingerprint density at radius 2 is 1.76 bits per heavy atom. The minimum atomic E-state index is 0.599. The summed E-state index contributed by atoms with van der Waals surface area (Å²) in [6, 6.07) is 16.0. The second-order valence-electron chi connectivity index (χ2n) is 4.01. The molecule has 0 fully saturated rings. The Balaban J connectivity index is 2.20. The molecule has 17 heavy (non-hydrogen) atoms. The average molecular weight is 247 g/mol. The molecule has 2 aromatic rings. The molecule has 0 aliphatic rings. The molecule has 0 saturated heterocycles. The van der Waals surface area contributed by atoms with Gasteiger partial charge < -0.3 is 10.6 Å². The number of halogens is 1.